The molecule has 1 aromatic heterocycles. The lowest BCUT2D eigenvalue weighted by Gasteiger charge is -2.04. The number of unbranched alkanes of at least 4 members (excludes halogenated alkanes) is 3. The van der Waals surface area contributed by atoms with Gasteiger partial charge in [-0.1, -0.05) is 12.5 Å². The first-order chi connectivity index (χ1) is 10.2. The maximum absolute atomic E-state index is 11.7. The number of urea groups is 1. The van der Waals surface area contributed by atoms with E-state index in [1.165, 1.54) is 0 Å². The van der Waals surface area contributed by atoms with Crippen molar-refractivity contribution in [3.63, 3.8) is 0 Å². The van der Waals surface area contributed by atoms with Gasteiger partial charge in [0.15, 0.2) is 0 Å². The SMILES string of the molecule is Cc1ccc2nc(NC(=O)NCCCCCC#N)[nH]c2c1. The zero-order valence-electron chi connectivity index (χ0n) is 12.1. The van der Waals surface area contributed by atoms with Crippen molar-refractivity contribution in [2.45, 2.75) is 32.6 Å². The monoisotopic (exact) mass is 285 g/mol. The number of nitrogens with zero attached hydrogens (tertiary/aromatic N) is 2. The van der Waals surface area contributed by atoms with Crippen molar-refractivity contribution in [3.8, 4) is 6.07 Å². The van der Waals surface area contributed by atoms with Crippen molar-refractivity contribution in [1.29, 1.82) is 5.26 Å². The number of H-pyrrole nitrogens is 1. The van der Waals surface area contributed by atoms with Crippen molar-refractivity contribution in [2.75, 3.05) is 11.9 Å². The van der Waals surface area contributed by atoms with Crippen molar-refractivity contribution >= 4 is 23.0 Å². The summed E-state index contributed by atoms with van der Waals surface area (Å²) in [6.07, 6.45) is 3.26. The molecule has 2 aromatic rings. The third kappa shape index (κ3) is 4.49. The molecule has 0 fully saturated rings. The first-order valence-electron chi connectivity index (χ1n) is 7.07. The number of carbonyl (C=O) groups excluding carboxylic acids is 1. The highest BCUT2D eigenvalue weighted by Gasteiger charge is 2.06. The number of anilines is 1. The minimum absolute atomic E-state index is 0.272. The number of nitriles is 1. The smallest absolute Gasteiger partial charge is 0.321 e. The van der Waals surface area contributed by atoms with Gasteiger partial charge in [-0.15, -0.1) is 0 Å². The zero-order chi connectivity index (χ0) is 15.1. The van der Waals surface area contributed by atoms with E-state index >= 15 is 0 Å². The number of aromatic nitrogens is 2. The van der Waals surface area contributed by atoms with Crippen LogP contribution in [-0.2, 0) is 0 Å². The normalized spacial score (nSPS) is 10.3. The molecule has 21 heavy (non-hydrogen) atoms. The number of aryl methyl sites for hydroxylation is 1. The summed E-state index contributed by atoms with van der Waals surface area (Å²) in [6, 6.07) is 7.72. The van der Waals surface area contributed by atoms with E-state index < -0.39 is 0 Å². The molecule has 6 nitrogen and oxygen atoms in total. The van der Waals surface area contributed by atoms with Crippen LogP contribution in [0.2, 0.25) is 0 Å². The summed E-state index contributed by atoms with van der Waals surface area (Å²) in [6.45, 7) is 2.60. The van der Waals surface area contributed by atoms with E-state index in [4.69, 9.17) is 5.26 Å². The van der Waals surface area contributed by atoms with Crippen molar-refractivity contribution in [1.82, 2.24) is 15.3 Å². The molecule has 0 atom stereocenters. The van der Waals surface area contributed by atoms with Crippen molar-refractivity contribution < 1.29 is 4.79 Å². The summed E-state index contributed by atoms with van der Waals surface area (Å²) in [5.41, 5.74) is 2.87. The maximum Gasteiger partial charge on any atom is 0.321 e. The molecule has 3 N–H and O–H groups in total. The first kappa shape index (κ1) is 14.9. The van der Waals surface area contributed by atoms with Gasteiger partial charge in [-0.2, -0.15) is 5.26 Å². The molecule has 2 amide bonds. The van der Waals surface area contributed by atoms with E-state index in [9.17, 15) is 4.79 Å². The Morgan fingerprint density at radius 3 is 3.05 bits per heavy atom. The molecule has 6 heteroatoms. The van der Waals surface area contributed by atoms with Gasteiger partial charge in [-0.05, 0) is 37.5 Å². The van der Waals surface area contributed by atoms with E-state index in [0.29, 0.717) is 18.9 Å². The van der Waals surface area contributed by atoms with Gasteiger partial charge in [0.25, 0.3) is 0 Å². The number of hydrogen-bond acceptors (Lipinski definition) is 3. The first-order valence-corrected chi connectivity index (χ1v) is 7.07. The van der Waals surface area contributed by atoms with E-state index in [1.54, 1.807) is 0 Å². The average Bonchev–Trinajstić information content (AvgIpc) is 2.83. The lowest BCUT2D eigenvalue weighted by atomic mass is 10.2. The van der Waals surface area contributed by atoms with Gasteiger partial charge in [0, 0.05) is 13.0 Å². The van der Waals surface area contributed by atoms with Crippen LogP contribution in [0.3, 0.4) is 0 Å². The number of carbonyl (C=O) groups is 1. The standard InChI is InChI=1S/C15H19N5O/c1-11-6-7-12-13(10-11)19-14(18-12)20-15(21)17-9-5-3-2-4-8-16/h6-7,10H,2-5,9H2,1H3,(H3,17,18,19,20,21). The second-order valence-corrected chi connectivity index (χ2v) is 4.96. The highest BCUT2D eigenvalue weighted by atomic mass is 16.2. The fourth-order valence-corrected chi connectivity index (χ4v) is 2.04. The highest BCUT2D eigenvalue weighted by molar-refractivity contribution is 5.89. The lowest BCUT2D eigenvalue weighted by molar-refractivity contribution is 0.251. The third-order valence-electron chi connectivity index (χ3n) is 3.12. The minimum Gasteiger partial charge on any atom is -0.338 e. The molecule has 2 rings (SSSR count). The van der Waals surface area contributed by atoms with Crippen LogP contribution in [0.4, 0.5) is 10.7 Å². The molecular weight excluding hydrogens is 266 g/mol. The van der Waals surface area contributed by atoms with E-state index in [0.717, 1.165) is 35.9 Å². The van der Waals surface area contributed by atoms with Gasteiger partial charge in [0.2, 0.25) is 5.95 Å². The number of hydrogen-bond donors (Lipinski definition) is 3. The summed E-state index contributed by atoms with van der Waals surface area (Å²) >= 11 is 0. The Bertz CT molecular complexity index is 656. The van der Waals surface area contributed by atoms with Gasteiger partial charge in [0.1, 0.15) is 0 Å². The highest BCUT2D eigenvalue weighted by Crippen LogP contribution is 2.15. The lowest BCUT2D eigenvalue weighted by Crippen LogP contribution is -2.29. The fourth-order valence-electron chi connectivity index (χ4n) is 2.04. The Balaban J connectivity index is 1.77. The van der Waals surface area contributed by atoms with Gasteiger partial charge in [-0.3, -0.25) is 5.32 Å². The molecule has 0 saturated carbocycles. The second kappa shape index (κ2) is 7.29. The third-order valence-corrected chi connectivity index (χ3v) is 3.12. The van der Waals surface area contributed by atoms with Crippen LogP contribution in [0.25, 0.3) is 11.0 Å². The molecule has 0 unspecified atom stereocenters. The van der Waals surface area contributed by atoms with E-state index in [2.05, 4.69) is 26.7 Å². The van der Waals surface area contributed by atoms with Crippen molar-refractivity contribution in [2.24, 2.45) is 0 Å². The van der Waals surface area contributed by atoms with Gasteiger partial charge in [0.05, 0.1) is 17.1 Å². The number of fused-ring (bicyclic) bond motifs is 1. The molecule has 0 aliphatic carbocycles. The summed E-state index contributed by atoms with van der Waals surface area (Å²) in [7, 11) is 0. The van der Waals surface area contributed by atoms with Crippen LogP contribution >= 0.6 is 0 Å². The van der Waals surface area contributed by atoms with Crippen LogP contribution < -0.4 is 10.6 Å². The number of nitrogens with one attached hydrogen (secondary N) is 3. The Morgan fingerprint density at radius 1 is 1.38 bits per heavy atom. The fraction of sp³-hybridized carbons (Fsp3) is 0.400. The molecule has 0 spiro atoms. The summed E-state index contributed by atoms with van der Waals surface area (Å²) in [5.74, 6) is 0.442. The van der Waals surface area contributed by atoms with Crippen LogP contribution in [0, 0.1) is 18.3 Å². The minimum atomic E-state index is -0.272. The van der Waals surface area contributed by atoms with Gasteiger partial charge >= 0.3 is 6.03 Å². The molecule has 0 aliphatic rings. The van der Waals surface area contributed by atoms with Crippen LogP contribution in [0.5, 0.6) is 0 Å². The zero-order valence-corrected chi connectivity index (χ0v) is 12.1. The maximum atomic E-state index is 11.7. The summed E-state index contributed by atoms with van der Waals surface area (Å²) < 4.78 is 0. The van der Waals surface area contributed by atoms with Crippen LogP contribution in [0.1, 0.15) is 31.2 Å². The Morgan fingerprint density at radius 2 is 2.24 bits per heavy atom. The molecule has 110 valence electrons. The molecule has 1 aromatic carbocycles. The predicted molar refractivity (Wildman–Crippen MR) is 81.9 cm³/mol. The van der Waals surface area contributed by atoms with E-state index in [1.807, 2.05) is 25.1 Å². The van der Waals surface area contributed by atoms with Crippen molar-refractivity contribution in [3.05, 3.63) is 23.8 Å². The molecular formula is C15H19N5O. The topological polar surface area (TPSA) is 93.6 Å². The van der Waals surface area contributed by atoms with Gasteiger partial charge < -0.3 is 10.3 Å². The van der Waals surface area contributed by atoms with Crippen LogP contribution in [-0.4, -0.2) is 22.5 Å². The molecule has 0 radical (unpaired) electrons. The Hall–Kier alpha value is -2.55. The number of rotatable bonds is 6. The quantitative estimate of drug-likeness (QED) is 0.712. The molecule has 0 aliphatic heterocycles. The predicted octanol–water partition coefficient (Wildman–Crippen LogP) is 3.08. The molecule has 0 saturated heterocycles. The summed E-state index contributed by atoms with van der Waals surface area (Å²) in [4.78, 5) is 19.1. The number of amides is 2. The van der Waals surface area contributed by atoms with E-state index in [-0.39, 0.29) is 6.03 Å². The molecule has 1 heterocycles. The number of aromatic amines is 1. The Kier molecular flexibility index (Phi) is 5.16. The van der Waals surface area contributed by atoms with Crippen LogP contribution in [0.15, 0.2) is 18.2 Å². The number of imidazole rings is 1. The number of benzene rings is 1. The summed E-state index contributed by atoms with van der Waals surface area (Å²) in [5, 5.41) is 13.9. The largest absolute Gasteiger partial charge is 0.338 e. The molecule has 0 bridgehead atoms. The second-order valence-electron chi connectivity index (χ2n) is 4.96. The average molecular weight is 285 g/mol. The Labute approximate surface area is 123 Å². The van der Waals surface area contributed by atoms with Gasteiger partial charge in [-0.25, -0.2) is 9.78 Å².